The topological polar surface area (TPSA) is 49.3 Å². The maximum Gasteiger partial charge on any atom is 0.224 e. The number of aliphatic hydroxyl groups is 1. The molecule has 1 spiro atoms. The summed E-state index contributed by atoms with van der Waals surface area (Å²) in [7, 11) is 0. The molecule has 2 aliphatic carbocycles. The van der Waals surface area contributed by atoms with E-state index >= 15 is 0 Å². The van der Waals surface area contributed by atoms with Crippen LogP contribution in [0.4, 0.5) is 5.69 Å². The Kier molecular flexibility index (Phi) is 4.26. The van der Waals surface area contributed by atoms with Crippen LogP contribution in [0.15, 0.2) is 12.1 Å². The molecule has 1 amide bonds. The van der Waals surface area contributed by atoms with Gasteiger partial charge in [-0.15, -0.1) is 0 Å². The number of aliphatic hydroxyl groups excluding tert-OH is 1. The summed E-state index contributed by atoms with van der Waals surface area (Å²) in [5.74, 6) is 0.0862. The summed E-state index contributed by atoms with van der Waals surface area (Å²) in [6, 6.07) is 4.52. The van der Waals surface area contributed by atoms with Crippen LogP contribution < -0.4 is 5.32 Å². The summed E-state index contributed by atoms with van der Waals surface area (Å²) in [6.07, 6.45) is 7.74. The molecule has 22 heavy (non-hydrogen) atoms. The van der Waals surface area contributed by atoms with E-state index in [0.717, 1.165) is 50.6 Å². The van der Waals surface area contributed by atoms with E-state index in [4.69, 9.17) is 0 Å². The van der Waals surface area contributed by atoms with Gasteiger partial charge in [0.15, 0.2) is 0 Å². The number of fused-ring (bicyclic) bond motifs is 1. The van der Waals surface area contributed by atoms with Crippen LogP contribution in [0.5, 0.6) is 0 Å². The van der Waals surface area contributed by atoms with Gasteiger partial charge in [0.25, 0.3) is 0 Å². The highest BCUT2D eigenvalue weighted by Crippen LogP contribution is 2.48. The molecule has 3 rings (SSSR count). The zero-order valence-corrected chi connectivity index (χ0v) is 13.7. The number of carbonyl (C=O) groups is 1. The Balaban J connectivity index is 1.85. The third kappa shape index (κ3) is 2.91. The summed E-state index contributed by atoms with van der Waals surface area (Å²) in [5.41, 5.74) is 5.47. The minimum atomic E-state index is -0.0973. The summed E-state index contributed by atoms with van der Waals surface area (Å²) >= 11 is 0. The molecule has 2 aliphatic rings. The molecule has 0 unspecified atom stereocenters. The lowest BCUT2D eigenvalue weighted by Crippen LogP contribution is -2.30. The van der Waals surface area contributed by atoms with Gasteiger partial charge in [0.1, 0.15) is 0 Å². The number of nitrogens with one attached hydrogen (secondary N) is 1. The van der Waals surface area contributed by atoms with Crippen molar-refractivity contribution in [3.8, 4) is 0 Å². The summed E-state index contributed by atoms with van der Waals surface area (Å²) in [5, 5.41) is 12.8. The number of hydrogen-bond donors (Lipinski definition) is 2. The standard InChI is InChI=1S/C19H27NO2/c1-3-13-9-14-11-19(7-5-16(21)6-8-19)12-15(14)10-17(13)20-18(22)4-2/h9-10,16,21H,3-8,11-12H2,1-2H3,(H,20,22). The Bertz CT molecular complexity index is 571. The third-order valence-electron chi connectivity index (χ3n) is 5.55. The van der Waals surface area contributed by atoms with Crippen molar-refractivity contribution in [2.24, 2.45) is 5.41 Å². The molecule has 0 bridgehead atoms. The number of hydrogen-bond acceptors (Lipinski definition) is 2. The van der Waals surface area contributed by atoms with Crippen molar-refractivity contribution in [3.05, 3.63) is 28.8 Å². The van der Waals surface area contributed by atoms with Gasteiger partial charge in [0, 0.05) is 12.1 Å². The second-order valence-electron chi connectivity index (χ2n) is 7.12. The monoisotopic (exact) mass is 301 g/mol. The highest BCUT2D eigenvalue weighted by atomic mass is 16.3. The van der Waals surface area contributed by atoms with Crippen LogP contribution in [-0.4, -0.2) is 17.1 Å². The molecule has 1 aromatic rings. The number of anilines is 1. The predicted octanol–water partition coefficient (Wildman–Crippen LogP) is 3.62. The lowest BCUT2D eigenvalue weighted by Gasteiger charge is -2.35. The average Bonchev–Trinajstić information content (AvgIpc) is 2.86. The summed E-state index contributed by atoms with van der Waals surface area (Å²) < 4.78 is 0. The molecule has 0 heterocycles. The molecule has 1 aromatic carbocycles. The van der Waals surface area contributed by atoms with Crippen molar-refractivity contribution in [1.29, 1.82) is 0 Å². The molecular formula is C19H27NO2. The lowest BCUT2D eigenvalue weighted by molar-refractivity contribution is -0.115. The maximum absolute atomic E-state index is 11.7. The highest BCUT2D eigenvalue weighted by Gasteiger charge is 2.40. The first-order chi connectivity index (χ1) is 10.5. The van der Waals surface area contributed by atoms with E-state index in [9.17, 15) is 9.90 Å². The molecule has 0 aromatic heterocycles. The summed E-state index contributed by atoms with van der Waals surface area (Å²) in [4.78, 5) is 11.7. The fraction of sp³-hybridized carbons (Fsp3) is 0.632. The number of amides is 1. The number of aryl methyl sites for hydroxylation is 1. The van der Waals surface area contributed by atoms with Crippen LogP contribution in [0.3, 0.4) is 0 Å². The van der Waals surface area contributed by atoms with E-state index < -0.39 is 0 Å². The van der Waals surface area contributed by atoms with Gasteiger partial charge in [0.05, 0.1) is 6.10 Å². The molecule has 3 nitrogen and oxygen atoms in total. The van der Waals surface area contributed by atoms with Gasteiger partial charge in [0.2, 0.25) is 5.91 Å². The zero-order chi connectivity index (χ0) is 15.7. The van der Waals surface area contributed by atoms with E-state index in [2.05, 4.69) is 24.4 Å². The summed E-state index contributed by atoms with van der Waals surface area (Å²) in [6.45, 7) is 4.03. The second kappa shape index (κ2) is 6.04. The number of carbonyl (C=O) groups excluding carboxylic acids is 1. The first-order valence-electron chi connectivity index (χ1n) is 8.68. The fourth-order valence-corrected chi connectivity index (χ4v) is 4.16. The first kappa shape index (κ1) is 15.5. The quantitative estimate of drug-likeness (QED) is 0.896. The zero-order valence-electron chi connectivity index (χ0n) is 13.7. The Hall–Kier alpha value is -1.35. The molecule has 1 fully saturated rings. The average molecular weight is 301 g/mol. The van der Waals surface area contributed by atoms with E-state index in [0.29, 0.717) is 11.8 Å². The highest BCUT2D eigenvalue weighted by molar-refractivity contribution is 5.91. The van der Waals surface area contributed by atoms with Crippen LogP contribution in [-0.2, 0) is 24.1 Å². The molecule has 1 saturated carbocycles. The van der Waals surface area contributed by atoms with Crippen molar-refractivity contribution >= 4 is 11.6 Å². The van der Waals surface area contributed by atoms with E-state index in [-0.39, 0.29) is 12.0 Å². The number of benzene rings is 1. The Labute approximate surface area is 133 Å². The van der Waals surface area contributed by atoms with E-state index in [1.54, 1.807) is 0 Å². The smallest absolute Gasteiger partial charge is 0.224 e. The Morgan fingerprint density at radius 2 is 1.86 bits per heavy atom. The minimum absolute atomic E-state index is 0.0862. The van der Waals surface area contributed by atoms with Crippen molar-refractivity contribution < 1.29 is 9.90 Å². The van der Waals surface area contributed by atoms with Crippen LogP contribution in [0.25, 0.3) is 0 Å². The normalized spacial score (nSPS) is 27.0. The predicted molar refractivity (Wildman–Crippen MR) is 89.1 cm³/mol. The van der Waals surface area contributed by atoms with Gasteiger partial charge in [-0.25, -0.2) is 0 Å². The van der Waals surface area contributed by atoms with Crippen LogP contribution >= 0.6 is 0 Å². The molecular weight excluding hydrogens is 274 g/mol. The van der Waals surface area contributed by atoms with Crippen LogP contribution in [0.1, 0.15) is 62.6 Å². The van der Waals surface area contributed by atoms with Crippen molar-refractivity contribution in [2.75, 3.05) is 5.32 Å². The molecule has 120 valence electrons. The maximum atomic E-state index is 11.7. The fourth-order valence-electron chi connectivity index (χ4n) is 4.16. The van der Waals surface area contributed by atoms with Gasteiger partial charge in [-0.1, -0.05) is 19.9 Å². The molecule has 2 N–H and O–H groups in total. The van der Waals surface area contributed by atoms with Crippen LogP contribution in [0.2, 0.25) is 0 Å². The van der Waals surface area contributed by atoms with Crippen molar-refractivity contribution in [3.63, 3.8) is 0 Å². The molecule has 0 atom stereocenters. The van der Waals surface area contributed by atoms with Gasteiger partial charge in [-0.2, -0.15) is 0 Å². The molecule has 0 aliphatic heterocycles. The van der Waals surface area contributed by atoms with E-state index in [1.807, 2.05) is 6.92 Å². The van der Waals surface area contributed by atoms with Gasteiger partial charge in [-0.3, -0.25) is 4.79 Å². The molecule has 0 radical (unpaired) electrons. The Morgan fingerprint density at radius 1 is 1.23 bits per heavy atom. The molecule has 0 saturated heterocycles. The van der Waals surface area contributed by atoms with Gasteiger partial charge < -0.3 is 10.4 Å². The van der Waals surface area contributed by atoms with Crippen molar-refractivity contribution in [2.45, 2.75) is 71.3 Å². The van der Waals surface area contributed by atoms with Crippen LogP contribution in [0, 0.1) is 5.41 Å². The van der Waals surface area contributed by atoms with Gasteiger partial charge in [-0.05, 0) is 73.1 Å². The second-order valence-corrected chi connectivity index (χ2v) is 7.12. The lowest BCUT2D eigenvalue weighted by atomic mass is 9.71. The third-order valence-corrected chi connectivity index (χ3v) is 5.55. The largest absolute Gasteiger partial charge is 0.393 e. The number of rotatable bonds is 3. The SMILES string of the molecule is CCC(=O)Nc1cc2c(cc1CC)CC1(CCC(O)CC1)C2. The first-order valence-corrected chi connectivity index (χ1v) is 8.68. The molecule has 3 heteroatoms. The van der Waals surface area contributed by atoms with E-state index in [1.165, 1.54) is 16.7 Å². The van der Waals surface area contributed by atoms with Gasteiger partial charge >= 0.3 is 0 Å². The van der Waals surface area contributed by atoms with Crippen molar-refractivity contribution in [1.82, 2.24) is 0 Å². The minimum Gasteiger partial charge on any atom is -0.393 e. The Morgan fingerprint density at radius 3 is 2.45 bits per heavy atom.